The molecule has 6 heteroatoms. The number of rotatable bonds is 6. The third kappa shape index (κ3) is 3.98. The number of benzene rings is 1. The molecule has 2 unspecified atom stereocenters. The van der Waals surface area contributed by atoms with Crippen LogP contribution in [0, 0.1) is 0 Å². The number of nitrogens with one attached hydrogen (secondary N) is 3. The lowest BCUT2D eigenvalue weighted by molar-refractivity contribution is 0.274. The first kappa shape index (κ1) is 16.8. The molecule has 0 aromatic heterocycles. The van der Waals surface area contributed by atoms with Gasteiger partial charge in [-0.1, -0.05) is 18.2 Å². The van der Waals surface area contributed by atoms with Crippen LogP contribution in [-0.4, -0.2) is 56.4 Å². The maximum absolute atomic E-state index is 10.1. The maximum Gasteiger partial charge on any atom is 0.120 e. The molecular formula is C16H27N5O. The Morgan fingerprint density at radius 1 is 1.27 bits per heavy atom. The highest BCUT2D eigenvalue weighted by molar-refractivity contribution is 5.37. The summed E-state index contributed by atoms with van der Waals surface area (Å²) < 4.78 is 0. The molecule has 2 atom stereocenters. The van der Waals surface area contributed by atoms with E-state index in [1.807, 2.05) is 32.3 Å². The minimum absolute atomic E-state index is 0.0921. The minimum Gasteiger partial charge on any atom is -0.508 e. The second-order valence-electron chi connectivity index (χ2n) is 5.42. The lowest BCUT2D eigenvalue weighted by Crippen LogP contribution is -2.50. The van der Waals surface area contributed by atoms with Crippen LogP contribution in [0.5, 0.6) is 5.75 Å². The molecule has 0 spiro atoms. The van der Waals surface area contributed by atoms with Crippen molar-refractivity contribution in [1.29, 1.82) is 0 Å². The van der Waals surface area contributed by atoms with Crippen LogP contribution in [0.4, 0.5) is 0 Å². The molecule has 2 rings (SSSR count). The van der Waals surface area contributed by atoms with Crippen molar-refractivity contribution in [1.82, 2.24) is 20.9 Å². The highest BCUT2D eigenvalue weighted by Gasteiger charge is 2.20. The molecule has 1 aromatic carbocycles. The molecule has 1 aromatic rings. The van der Waals surface area contributed by atoms with Crippen LogP contribution in [0.15, 0.2) is 36.0 Å². The highest BCUT2D eigenvalue weighted by atomic mass is 16.3. The third-order valence-corrected chi connectivity index (χ3v) is 4.03. The van der Waals surface area contributed by atoms with E-state index in [0.717, 1.165) is 37.4 Å². The summed E-state index contributed by atoms with van der Waals surface area (Å²) in [6.45, 7) is 3.76. The van der Waals surface area contributed by atoms with Gasteiger partial charge in [0.1, 0.15) is 5.75 Å². The second-order valence-corrected chi connectivity index (χ2v) is 5.42. The first-order valence-electron chi connectivity index (χ1n) is 7.72. The van der Waals surface area contributed by atoms with Gasteiger partial charge in [-0.25, -0.2) is 0 Å². The number of hydrogen-bond donors (Lipinski definition) is 5. The summed E-state index contributed by atoms with van der Waals surface area (Å²) in [5.41, 5.74) is 8.13. The van der Waals surface area contributed by atoms with E-state index in [1.165, 1.54) is 0 Å². The van der Waals surface area contributed by atoms with E-state index in [1.54, 1.807) is 6.07 Å². The van der Waals surface area contributed by atoms with E-state index in [-0.39, 0.29) is 18.0 Å². The molecule has 1 saturated heterocycles. The molecular weight excluding hydrogens is 278 g/mol. The summed E-state index contributed by atoms with van der Waals surface area (Å²) in [6.07, 6.45) is 1.86. The molecule has 0 bridgehead atoms. The van der Waals surface area contributed by atoms with Crippen molar-refractivity contribution < 1.29 is 5.11 Å². The van der Waals surface area contributed by atoms with E-state index in [2.05, 4.69) is 26.9 Å². The lowest BCUT2D eigenvalue weighted by atomic mass is 10.0. The van der Waals surface area contributed by atoms with E-state index in [9.17, 15) is 5.11 Å². The van der Waals surface area contributed by atoms with Crippen LogP contribution in [0.25, 0.3) is 0 Å². The summed E-state index contributed by atoms with van der Waals surface area (Å²) in [4.78, 5) is 2.29. The number of aromatic hydroxyl groups is 1. The van der Waals surface area contributed by atoms with Gasteiger partial charge in [-0.15, -0.1) is 0 Å². The number of nitrogens with two attached hydrogens (primary N) is 1. The first-order chi connectivity index (χ1) is 10.7. The van der Waals surface area contributed by atoms with Crippen molar-refractivity contribution in [2.24, 2.45) is 5.73 Å². The second kappa shape index (κ2) is 8.14. The fraction of sp³-hybridized carbons (Fsp3) is 0.500. The topological polar surface area (TPSA) is 85.6 Å². The molecule has 1 aliphatic rings. The van der Waals surface area contributed by atoms with Gasteiger partial charge in [0.05, 0.1) is 12.2 Å². The summed E-state index contributed by atoms with van der Waals surface area (Å²) in [6, 6.07) is 7.29. The van der Waals surface area contributed by atoms with Gasteiger partial charge in [0.2, 0.25) is 0 Å². The molecule has 1 aliphatic heterocycles. The van der Waals surface area contributed by atoms with Gasteiger partial charge in [-0.05, 0) is 26.2 Å². The van der Waals surface area contributed by atoms with Crippen LogP contribution in [0.3, 0.4) is 0 Å². The average molecular weight is 305 g/mol. The number of hydrogen-bond acceptors (Lipinski definition) is 6. The molecule has 22 heavy (non-hydrogen) atoms. The number of likely N-dealkylation sites (N-methyl/N-ethyl adjacent to an activating group) is 2. The van der Waals surface area contributed by atoms with Crippen LogP contribution in [0.2, 0.25) is 0 Å². The molecule has 0 aliphatic carbocycles. The Hall–Kier alpha value is -1.60. The highest BCUT2D eigenvalue weighted by Crippen LogP contribution is 2.26. The fourth-order valence-electron chi connectivity index (χ4n) is 2.73. The number of piperazine rings is 1. The Morgan fingerprint density at radius 2 is 1.95 bits per heavy atom. The molecule has 122 valence electrons. The van der Waals surface area contributed by atoms with Crippen molar-refractivity contribution >= 4 is 0 Å². The average Bonchev–Trinajstić information content (AvgIpc) is 2.57. The Morgan fingerprint density at radius 3 is 2.55 bits per heavy atom. The smallest absolute Gasteiger partial charge is 0.120 e. The van der Waals surface area contributed by atoms with E-state index in [0.29, 0.717) is 0 Å². The Balaban J connectivity index is 2.30. The lowest BCUT2D eigenvalue weighted by Gasteiger charge is -2.35. The number of phenolic OH excluding ortho intramolecular Hbond substituents is 1. The maximum atomic E-state index is 10.1. The van der Waals surface area contributed by atoms with Crippen LogP contribution in [-0.2, 0) is 0 Å². The minimum atomic E-state index is -0.236. The largest absolute Gasteiger partial charge is 0.508 e. The quantitative estimate of drug-likeness (QED) is 0.474. The van der Waals surface area contributed by atoms with Gasteiger partial charge < -0.3 is 31.7 Å². The molecule has 0 amide bonds. The molecule has 1 fully saturated rings. The third-order valence-electron chi connectivity index (χ3n) is 4.03. The predicted octanol–water partition coefficient (Wildman–Crippen LogP) is -0.0540. The van der Waals surface area contributed by atoms with Crippen LogP contribution >= 0.6 is 0 Å². The zero-order valence-corrected chi connectivity index (χ0v) is 13.3. The van der Waals surface area contributed by atoms with Gasteiger partial charge in [0.15, 0.2) is 0 Å². The molecule has 1 heterocycles. The summed E-state index contributed by atoms with van der Waals surface area (Å²) in [7, 11) is 3.74. The van der Waals surface area contributed by atoms with Gasteiger partial charge in [-0.2, -0.15) is 0 Å². The standard InChI is InChI=1S/C16H27N5O/c1-18-13(12-5-3-4-6-15(12)22)11-14(16(17)19-2)21-9-7-20-8-10-21/h3-6,11,13,16,18-20,22H,7-10,17H2,1-2H3/b14-11+. The van der Waals surface area contributed by atoms with Crippen molar-refractivity contribution in [2.75, 3.05) is 40.3 Å². The molecule has 0 saturated carbocycles. The summed E-state index contributed by atoms with van der Waals surface area (Å²) >= 11 is 0. The van der Waals surface area contributed by atoms with Gasteiger partial charge >= 0.3 is 0 Å². The Bertz CT molecular complexity index is 499. The molecule has 6 N–H and O–H groups in total. The van der Waals surface area contributed by atoms with Crippen molar-refractivity contribution in [2.45, 2.75) is 12.2 Å². The van der Waals surface area contributed by atoms with Crippen LogP contribution < -0.4 is 21.7 Å². The fourth-order valence-corrected chi connectivity index (χ4v) is 2.73. The Kier molecular flexibility index (Phi) is 6.21. The zero-order valence-electron chi connectivity index (χ0n) is 13.3. The van der Waals surface area contributed by atoms with Crippen LogP contribution in [0.1, 0.15) is 11.6 Å². The predicted molar refractivity (Wildman–Crippen MR) is 89.5 cm³/mol. The van der Waals surface area contributed by atoms with E-state index in [4.69, 9.17) is 5.73 Å². The number of para-hydroxylation sites is 1. The summed E-state index contributed by atoms with van der Waals surface area (Å²) in [5, 5.41) is 19.8. The first-order valence-corrected chi connectivity index (χ1v) is 7.72. The zero-order chi connectivity index (χ0) is 15.9. The SMILES string of the molecule is CNC(N)/C(=C\C(NC)c1ccccc1O)N1CCNCC1. The van der Waals surface area contributed by atoms with Gasteiger partial charge in [0.25, 0.3) is 0 Å². The van der Waals surface area contributed by atoms with Crippen molar-refractivity contribution in [3.05, 3.63) is 41.6 Å². The summed E-state index contributed by atoms with van der Waals surface area (Å²) in [5.74, 6) is 0.288. The normalized spacial score (nSPS) is 19.0. The number of nitrogens with zero attached hydrogens (tertiary/aromatic N) is 1. The van der Waals surface area contributed by atoms with Gasteiger partial charge in [-0.3, -0.25) is 0 Å². The van der Waals surface area contributed by atoms with E-state index < -0.39 is 0 Å². The molecule has 6 nitrogen and oxygen atoms in total. The van der Waals surface area contributed by atoms with Crippen molar-refractivity contribution in [3.8, 4) is 5.75 Å². The van der Waals surface area contributed by atoms with E-state index >= 15 is 0 Å². The van der Waals surface area contributed by atoms with Crippen molar-refractivity contribution in [3.63, 3.8) is 0 Å². The van der Waals surface area contributed by atoms with Gasteiger partial charge in [0, 0.05) is 37.4 Å². The Labute approximate surface area is 132 Å². The monoisotopic (exact) mass is 305 g/mol. The number of phenols is 1. The molecule has 0 radical (unpaired) electrons.